The van der Waals surface area contributed by atoms with Gasteiger partial charge in [-0.3, -0.25) is 9.48 Å². The summed E-state index contributed by atoms with van der Waals surface area (Å²) in [5.74, 6) is 0.290. The molecule has 0 unspecified atom stereocenters. The number of carbonyl (C=O) groups excluding carboxylic acids is 1. The van der Waals surface area contributed by atoms with E-state index >= 15 is 0 Å². The molecule has 2 rings (SSSR count). The summed E-state index contributed by atoms with van der Waals surface area (Å²) in [6.45, 7) is 8.45. The summed E-state index contributed by atoms with van der Waals surface area (Å²) in [6, 6.07) is -0.788. The normalized spacial score (nSPS) is 20.6. The maximum absolute atomic E-state index is 12.6. The van der Waals surface area contributed by atoms with Crippen LogP contribution in [0.3, 0.4) is 0 Å². The zero-order valence-corrected chi connectivity index (χ0v) is 15.3. The molecule has 2 atom stereocenters. The van der Waals surface area contributed by atoms with Crippen molar-refractivity contribution < 1.29 is 13.2 Å². The van der Waals surface area contributed by atoms with Gasteiger partial charge in [-0.05, 0) is 39.5 Å². The summed E-state index contributed by atoms with van der Waals surface area (Å²) in [4.78, 5) is 14.4. The van der Waals surface area contributed by atoms with Gasteiger partial charge < -0.3 is 4.90 Å². The lowest BCUT2D eigenvalue weighted by molar-refractivity contribution is -0.134. The molecule has 7 nitrogen and oxygen atoms in total. The van der Waals surface area contributed by atoms with Gasteiger partial charge in [0.2, 0.25) is 15.9 Å². The van der Waals surface area contributed by atoms with Gasteiger partial charge in [0.05, 0.1) is 17.4 Å². The third kappa shape index (κ3) is 3.74. The Kier molecular flexibility index (Phi) is 5.15. The van der Waals surface area contributed by atoms with Gasteiger partial charge in [-0.2, -0.15) is 9.82 Å². The molecule has 0 bridgehead atoms. The zero-order chi connectivity index (χ0) is 17.4. The molecule has 0 radical (unpaired) electrons. The summed E-state index contributed by atoms with van der Waals surface area (Å²) >= 11 is 0. The van der Waals surface area contributed by atoms with Crippen LogP contribution in [0.2, 0.25) is 0 Å². The molecule has 1 N–H and O–H groups in total. The number of aromatic nitrogens is 2. The van der Waals surface area contributed by atoms with E-state index in [-0.39, 0.29) is 10.8 Å². The maximum atomic E-state index is 12.6. The third-order valence-electron chi connectivity index (χ3n) is 4.38. The predicted octanol–water partition coefficient (Wildman–Crippen LogP) is 0.962. The molecule has 8 heteroatoms. The number of carbonyl (C=O) groups is 1. The van der Waals surface area contributed by atoms with Crippen LogP contribution in [0.15, 0.2) is 4.90 Å². The van der Waals surface area contributed by atoms with E-state index in [0.29, 0.717) is 30.4 Å². The van der Waals surface area contributed by atoms with Crippen LogP contribution in [-0.2, 0) is 21.9 Å². The van der Waals surface area contributed by atoms with Gasteiger partial charge in [-0.25, -0.2) is 8.42 Å². The molecule has 0 saturated carbocycles. The third-order valence-corrected chi connectivity index (χ3v) is 6.17. The van der Waals surface area contributed by atoms with Crippen LogP contribution < -0.4 is 4.72 Å². The molecule has 130 valence electrons. The van der Waals surface area contributed by atoms with Crippen LogP contribution >= 0.6 is 0 Å². The monoisotopic (exact) mass is 342 g/mol. The Balaban J connectivity index is 2.15. The van der Waals surface area contributed by atoms with Crippen molar-refractivity contribution >= 4 is 15.9 Å². The van der Waals surface area contributed by atoms with Crippen molar-refractivity contribution in [1.29, 1.82) is 0 Å². The van der Waals surface area contributed by atoms with Crippen molar-refractivity contribution in [2.45, 2.75) is 51.5 Å². The van der Waals surface area contributed by atoms with Gasteiger partial charge in [-0.1, -0.05) is 6.92 Å². The lowest BCUT2D eigenvalue weighted by Gasteiger charge is -2.32. The molecule has 0 aliphatic carbocycles. The van der Waals surface area contributed by atoms with Crippen molar-refractivity contribution in [3.8, 4) is 0 Å². The zero-order valence-electron chi connectivity index (χ0n) is 14.5. The molecule has 1 aromatic rings. The Morgan fingerprint density at radius 1 is 1.39 bits per heavy atom. The first kappa shape index (κ1) is 17.9. The van der Waals surface area contributed by atoms with E-state index < -0.39 is 16.1 Å². The molecule has 1 aliphatic rings. The predicted molar refractivity (Wildman–Crippen MR) is 87.4 cm³/mol. The fourth-order valence-electron chi connectivity index (χ4n) is 3.15. The lowest BCUT2D eigenvalue weighted by atomic mass is 10.00. The number of piperidine rings is 1. The molecular formula is C15H26N4O3S. The Morgan fingerprint density at radius 2 is 2.04 bits per heavy atom. The van der Waals surface area contributed by atoms with Gasteiger partial charge in [0.15, 0.2) is 0 Å². The standard InChI is InChI=1S/C15H26N4O3S/c1-10-7-6-8-19(9-10)15(20)12(3)17-23(21,22)14-11(2)16-18(5)13(14)4/h10,12,17H,6-9H2,1-5H3/t10-,12+/m1/s1. The SMILES string of the molecule is Cc1nn(C)c(C)c1S(=O)(=O)N[C@@H](C)C(=O)N1CCC[C@@H](C)C1. The van der Waals surface area contributed by atoms with Gasteiger partial charge in [0.25, 0.3) is 0 Å². The van der Waals surface area contributed by atoms with E-state index in [9.17, 15) is 13.2 Å². The van der Waals surface area contributed by atoms with Crippen molar-refractivity contribution in [1.82, 2.24) is 19.4 Å². The quantitative estimate of drug-likeness (QED) is 0.883. The summed E-state index contributed by atoms with van der Waals surface area (Å²) in [6.07, 6.45) is 2.07. The van der Waals surface area contributed by atoms with Crippen LogP contribution in [0.1, 0.15) is 38.1 Å². The Labute approximate surface area is 138 Å². The molecule has 1 saturated heterocycles. The van der Waals surface area contributed by atoms with E-state index in [4.69, 9.17) is 0 Å². The number of likely N-dealkylation sites (tertiary alicyclic amines) is 1. The van der Waals surface area contributed by atoms with Crippen LogP contribution in [0, 0.1) is 19.8 Å². The highest BCUT2D eigenvalue weighted by Crippen LogP contribution is 2.20. The molecule has 0 spiro atoms. The molecule has 1 fully saturated rings. The summed E-state index contributed by atoms with van der Waals surface area (Å²) in [5, 5.41) is 4.13. The minimum absolute atomic E-state index is 0.159. The Morgan fingerprint density at radius 3 is 2.57 bits per heavy atom. The van der Waals surface area contributed by atoms with Gasteiger partial charge in [0, 0.05) is 20.1 Å². The molecule has 1 amide bonds. The fraction of sp³-hybridized carbons (Fsp3) is 0.733. The first-order valence-corrected chi connectivity index (χ1v) is 9.43. The average molecular weight is 342 g/mol. The van der Waals surface area contributed by atoms with Gasteiger partial charge >= 0.3 is 0 Å². The highest BCUT2D eigenvalue weighted by atomic mass is 32.2. The summed E-state index contributed by atoms with van der Waals surface area (Å²) in [7, 11) is -2.08. The van der Waals surface area contributed by atoms with E-state index in [1.54, 1.807) is 32.7 Å². The smallest absolute Gasteiger partial charge is 0.244 e. The van der Waals surface area contributed by atoms with Crippen LogP contribution in [0.5, 0.6) is 0 Å². The summed E-state index contributed by atoms with van der Waals surface area (Å²) in [5.41, 5.74) is 0.991. The van der Waals surface area contributed by atoms with E-state index in [0.717, 1.165) is 12.8 Å². The number of hydrogen-bond donors (Lipinski definition) is 1. The van der Waals surface area contributed by atoms with Crippen LogP contribution in [0.4, 0.5) is 0 Å². The molecule has 2 heterocycles. The number of hydrogen-bond acceptors (Lipinski definition) is 4. The van der Waals surface area contributed by atoms with Crippen LogP contribution in [0.25, 0.3) is 0 Å². The molecule has 1 aliphatic heterocycles. The van der Waals surface area contributed by atoms with Gasteiger partial charge in [0.1, 0.15) is 4.90 Å². The van der Waals surface area contributed by atoms with Crippen LogP contribution in [-0.4, -0.2) is 48.1 Å². The van der Waals surface area contributed by atoms with Crippen molar-refractivity contribution in [2.75, 3.05) is 13.1 Å². The second kappa shape index (κ2) is 6.60. The highest BCUT2D eigenvalue weighted by Gasteiger charge is 2.31. The van der Waals surface area contributed by atoms with Gasteiger partial charge in [-0.15, -0.1) is 0 Å². The largest absolute Gasteiger partial charge is 0.341 e. The second-order valence-corrected chi connectivity index (χ2v) is 8.15. The molecule has 1 aromatic heterocycles. The number of sulfonamides is 1. The average Bonchev–Trinajstić information content (AvgIpc) is 2.71. The highest BCUT2D eigenvalue weighted by molar-refractivity contribution is 7.89. The minimum atomic E-state index is -3.78. The first-order chi connectivity index (χ1) is 10.6. The molecule has 23 heavy (non-hydrogen) atoms. The van der Waals surface area contributed by atoms with Crippen molar-refractivity contribution in [2.24, 2.45) is 13.0 Å². The molecular weight excluding hydrogens is 316 g/mol. The summed E-state index contributed by atoms with van der Waals surface area (Å²) < 4.78 is 29.3. The number of rotatable bonds is 4. The topological polar surface area (TPSA) is 84.3 Å². The van der Waals surface area contributed by atoms with E-state index in [1.807, 2.05) is 0 Å². The van der Waals surface area contributed by atoms with E-state index in [2.05, 4.69) is 16.7 Å². The minimum Gasteiger partial charge on any atom is -0.341 e. The number of aryl methyl sites for hydroxylation is 2. The number of nitrogens with zero attached hydrogens (tertiary/aromatic N) is 3. The second-order valence-electron chi connectivity index (χ2n) is 6.50. The number of amides is 1. The lowest BCUT2D eigenvalue weighted by Crippen LogP contribution is -2.49. The Hall–Kier alpha value is -1.41. The Bertz CT molecular complexity index is 696. The first-order valence-electron chi connectivity index (χ1n) is 7.94. The maximum Gasteiger partial charge on any atom is 0.244 e. The molecule has 0 aromatic carbocycles. The fourth-order valence-corrected chi connectivity index (χ4v) is 4.78. The van der Waals surface area contributed by atoms with Crippen molar-refractivity contribution in [3.05, 3.63) is 11.4 Å². The van der Waals surface area contributed by atoms with Crippen molar-refractivity contribution in [3.63, 3.8) is 0 Å². The number of nitrogens with one attached hydrogen (secondary N) is 1. The van der Waals surface area contributed by atoms with E-state index in [1.165, 1.54) is 4.68 Å².